The molecular formula is C13H20F3N3O2. The summed E-state index contributed by atoms with van der Waals surface area (Å²) >= 11 is 0. The highest BCUT2D eigenvalue weighted by molar-refractivity contribution is 5.87. The van der Waals surface area contributed by atoms with Gasteiger partial charge in [0.2, 0.25) is 5.91 Å². The Morgan fingerprint density at radius 3 is 2.43 bits per heavy atom. The summed E-state index contributed by atoms with van der Waals surface area (Å²) in [6, 6.07) is -1.39. The Labute approximate surface area is 121 Å². The molecule has 2 rings (SSSR count). The lowest BCUT2D eigenvalue weighted by Crippen LogP contribution is -2.50. The van der Waals surface area contributed by atoms with Crippen LogP contribution in [0.1, 0.15) is 32.1 Å². The maximum Gasteiger partial charge on any atom is 0.390 e. The van der Waals surface area contributed by atoms with Gasteiger partial charge in [0.15, 0.2) is 0 Å². The average Bonchev–Trinajstić information content (AvgIpc) is 3.04. The number of hydrogen-bond acceptors (Lipinski definition) is 2. The second kappa shape index (κ2) is 6.11. The van der Waals surface area contributed by atoms with Crippen molar-refractivity contribution >= 4 is 11.9 Å². The van der Waals surface area contributed by atoms with E-state index in [-0.39, 0.29) is 6.54 Å². The fourth-order valence-electron chi connectivity index (χ4n) is 2.66. The van der Waals surface area contributed by atoms with Crippen molar-refractivity contribution in [3.63, 3.8) is 0 Å². The minimum Gasteiger partial charge on any atom is -0.351 e. The molecule has 0 aromatic heterocycles. The highest BCUT2D eigenvalue weighted by Crippen LogP contribution is 2.31. The summed E-state index contributed by atoms with van der Waals surface area (Å²) < 4.78 is 37.2. The monoisotopic (exact) mass is 307 g/mol. The number of carbonyl (C=O) groups excluding carboxylic acids is 2. The van der Waals surface area contributed by atoms with E-state index in [0.29, 0.717) is 31.8 Å². The van der Waals surface area contributed by atoms with E-state index < -0.39 is 30.6 Å². The number of primary amides is 1. The number of hydrogen-bond donors (Lipinski definition) is 1. The Morgan fingerprint density at radius 1 is 1.24 bits per heavy atom. The van der Waals surface area contributed by atoms with Crippen molar-refractivity contribution in [3.8, 4) is 0 Å². The van der Waals surface area contributed by atoms with Gasteiger partial charge in [0.05, 0.1) is 6.42 Å². The summed E-state index contributed by atoms with van der Waals surface area (Å²) in [5.41, 5.74) is 5.22. The van der Waals surface area contributed by atoms with Crippen molar-refractivity contribution in [1.82, 2.24) is 9.80 Å². The number of alkyl halides is 3. The fourth-order valence-corrected chi connectivity index (χ4v) is 2.66. The van der Waals surface area contributed by atoms with Crippen LogP contribution in [0.5, 0.6) is 0 Å². The van der Waals surface area contributed by atoms with Crippen LogP contribution in [0.15, 0.2) is 0 Å². The van der Waals surface area contributed by atoms with Gasteiger partial charge in [-0.15, -0.1) is 0 Å². The van der Waals surface area contributed by atoms with Crippen LogP contribution in [-0.4, -0.2) is 53.6 Å². The van der Waals surface area contributed by atoms with Gasteiger partial charge in [0, 0.05) is 19.6 Å². The minimum atomic E-state index is -4.29. The van der Waals surface area contributed by atoms with Gasteiger partial charge in [-0.1, -0.05) is 0 Å². The first kappa shape index (κ1) is 15.9. The number of likely N-dealkylation sites (tertiary alicyclic amines) is 1. The number of rotatable bonds is 5. The summed E-state index contributed by atoms with van der Waals surface area (Å²) in [6.07, 6.45) is -2.30. The van der Waals surface area contributed by atoms with Crippen LogP contribution in [0.4, 0.5) is 18.0 Å². The molecule has 2 fully saturated rings. The molecule has 0 bridgehead atoms. The van der Waals surface area contributed by atoms with Gasteiger partial charge in [0.1, 0.15) is 6.04 Å². The molecule has 120 valence electrons. The lowest BCUT2D eigenvalue weighted by molar-refractivity contribution is -0.147. The fraction of sp³-hybridized carbons (Fsp3) is 0.846. The van der Waals surface area contributed by atoms with E-state index >= 15 is 0 Å². The molecule has 1 heterocycles. The number of amides is 3. The third-order valence-corrected chi connectivity index (χ3v) is 3.97. The van der Waals surface area contributed by atoms with Crippen molar-refractivity contribution in [1.29, 1.82) is 0 Å². The minimum absolute atomic E-state index is 0.297. The predicted molar refractivity (Wildman–Crippen MR) is 69.3 cm³/mol. The standard InChI is InChI=1S/C13H20F3N3O2/c14-13(15,16)5-7-18(8-9-3-4-9)11(20)10-2-1-6-19(10)12(17)21/h9-10H,1-8H2,(H2,17,21)/t10-/m0/s1. The second-order valence-electron chi connectivity index (χ2n) is 5.78. The van der Waals surface area contributed by atoms with Crippen molar-refractivity contribution in [2.75, 3.05) is 19.6 Å². The van der Waals surface area contributed by atoms with Crippen LogP contribution in [0.2, 0.25) is 0 Å². The van der Waals surface area contributed by atoms with E-state index in [1.807, 2.05) is 0 Å². The van der Waals surface area contributed by atoms with Crippen LogP contribution in [0.25, 0.3) is 0 Å². The second-order valence-corrected chi connectivity index (χ2v) is 5.78. The van der Waals surface area contributed by atoms with Gasteiger partial charge in [-0.3, -0.25) is 4.79 Å². The van der Waals surface area contributed by atoms with Crippen LogP contribution in [-0.2, 0) is 4.79 Å². The lowest BCUT2D eigenvalue weighted by Gasteiger charge is -2.30. The molecule has 1 saturated heterocycles. The first-order valence-corrected chi connectivity index (χ1v) is 7.19. The molecule has 2 aliphatic rings. The number of nitrogens with two attached hydrogens (primary N) is 1. The normalized spacial score (nSPS) is 22.4. The van der Waals surface area contributed by atoms with E-state index in [2.05, 4.69) is 0 Å². The van der Waals surface area contributed by atoms with Gasteiger partial charge < -0.3 is 15.5 Å². The lowest BCUT2D eigenvalue weighted by atomic mass is 10.1. The molecule has 8 heteroatoms. The maximum atomic E-state index is 12.4. The van der Waals surface area contributed by atoms with Crippen molar-refractivity contribution in [2.24, 2.45) is 11.7 Å². The highest BCUT2D eigenvalue weighted by atomic mass is 19.4. The maximum absolute atomic E-state index is 12.4. The zero-order valence-corrected chi connectivity index (χ0v) is 11.7. The molecule has 0 aromatic rings. The molecule has 1 aliphatic heterocycles. The largest absolute Gasteiger partial charge is 0.390 e. The summed E-state index contributed by atoms with van der Waals surface area (Å²) in [4.78, 5) is 26.3. The van der Waals surface area contributed by atoms with Crippen molar-refractivity contribution in [2.45, 2.75) is 44.3 Å². The molecule has 21 heavy (non-hydrogen) atoms. The van der Waals surface area contributed by atoms with Gasteiger partial charge >= 0.3 is 12.2 Å². The molecule has 1 atom stereocenters. The number of halogens is 3. The smallest absolute Gasteiger partial charge is 0.351 e. The van der Waals surface area contributed by atoms with E-state index in [9.17, 15) is 22.8 Å². The van der Waals surface area contributed by atoms with Gasteiger partial charge in [0.25, 0.3) is 0 Å². The number of urea groups is 1. The SMILES string of the molecule is NC(=O)N1CCC[C@H]1C(=O)N(CCC(F)(F)F)CC1CC1. The zero-order valence-electron chi connectivity index (χ0n) is 11.7. The zero-order chi connectivity index (χ0) is 15.6. The average molecular weight is 307 g/mol. The molecule has 1 aliphatic carbocycles. The topological polar surface area (TPSA) is 66.6 Å². The Kier molecular flexibility index (Phi) is 4.63. The van der Waals surface area contributed by atoms with E-state index in [0.717, 1.165) is 12.8 Å². The van der Waals surface area contributed by atoms with Crippen LogP contribution in [0, 0.1) is 5.92 Å². The third-order valence-electron chi connectivity index (χ3n) is 3.97. The highest BCUT2D eigenvalue weighted by Gasteiger charge is 2.38. The van der Waals surface area contributed by atoms with Gasteiger partial charge in [-0.05, 0) is 31.6 Å². The molecule has 0 unspecified atom stereocenters. The molecule has 1 saturated carbocycles. The summed E-state index contributed by atoms with van der Waals surface area (Å²) in [5.74, 6) is -0.104. The van der Waals surface area contributed by atoms with Crippen LogP contribution < -0.4 is 5.73 Å². The van der Waals surface area contributed by atoms with Gasteiger partial charge in [-0.2, -0.15) is 13.2 Å². The summed E-state index contributed by atoms with van der Waals surface area (Å²) in [7, 11) is 0. The van der Waals surface area contributed by atoms with E-state index in [4.69, 9.17) is 5.73 Å². The molecule has 5 nitrogen and oxygen atoms in total. The molecular weight excluding hydrogens is 287 g/mol. The Balaban J connectivity index is 2.00. The molecule has 0 radical (unpaired) electrons. The first-order valence-electron chi connectivity index (χ1n) is 7.19. The summed E-state index contributed by atoms with van der Waals surface area (Å²) in [5, 5.41) is 0. The predicted octanol–water partition coefficient (Wildman–Crippen LogP) is 1.72. The third kappa shape index (κ3) is 4.50. The Bertz CT molecular complexity index is 410. The Morgan fingerprint density at radius 2 is 1.90 bits per heavy atom. The van der Waals surface area contributed by atoms with E-state index in [1.54, 1.807) is 0 Å². The Hall–Kier alpha value is -1.47. The van der Waals surface area contributed by atoms with E-state index in [1.165, 1.54) is 9.80 Å². The number of nitrogens with zero attached hydrogens (tertiary/aromatic N) is 2. The van der Waals surface area contributed by atoms with Crippen LogP contribution >= 0.6 is 0 Å². The summed E-state index contributed by atoms with van der Waals surface area (Å²) in [6.45, 7) is 0.391. The van der Waals surface area contributed by atoms with Crippen molar-refractivity contribution in [3.05, 3.63) is 0 Å². The number of carbonyl (C=O) groups is 2. The molecule has 0 spiro atoms. The quantitative estimate of drug-likeness (QED) is 0.840. The molecule has 3 amide bonds. The van der Waals surface area contributed by atoms with Crippen molar-refractivity contribution < 1.29 is 22.8 Å². The molecule has 0 aromatic carbocycles. The van der Waals surface area contributed by atoms with Gasteiger partial charge in [-0.25, -0.2) is 4.79 Å². The first-order chi connectivity index (χ1) is 9.78. The molecule has 2 N–H and O–H groups in total. The van der Waals surface area contributed by atoms with Crippen LogP contribution in [0.3, 0.4) is 0 Å².